The van der Waals surface area contributed by atoms with Crippen molar-refractivity contribution in [2.24, 2.45) is 0 Å². The van der Waals surface area contributed by atoms with Crippen LogP contribution in [0.1, 0.15) is 12.7 Å². The lowest BCUT2D eigenvalue weighted by atomic mass is 10.2. The summed E-state index contributed by atoms with van der Waals surface area (Å²) < 4.78 is 4.50. The number of rotatable bonds is 6. The SMILES string of the molecule is C[C@@H](O)[C@H](NC(=O)NCCc1ncon1)C(=O)O. The Morgan fingerprint density at radius 3 is 2.78 bits per heavy atom. The molecule has 2 atom stereocenters. The fourth-order valence-corrected chi connectivity index (χ4v) is 1.17. The van der Waals surface area contributed by atoms with Gasteiger partial charge in [0.2, 0.25) is 6.39 Å². The number of carboxylic acids is 1. The molecule has 18 heavy (non-hydrogen) atoms. The van der Waals surface area contributed by atoms with E-state index in [1.807, 2.05) is 0 Å². The summed E-state index contributed by atoms with van der Waals surface area (Å²) in [7, 11) is 0. The molecule has 0 aliphatic carbocycles. The third kappa shape index (κ3) is 4.37. The van der Waals surface area contributed by atoms with Crippen molar-refractivity contribution in [1.29, 1.82) is 0 Å². The fourth-order valence-electron chi connectivity index (χ4n) is 1.17. The molecule has 0 bridgehead atoms. The van der Waals surface area contributed by atoms with Gasteiger partial charge in [0.1, 0.15) is 0 Å². The second kappa shape index (κ2) is 6.55. The molecule has 0 aromatic carbocycles. The maximum atomic E-state index is 11.3. The highest BCUT2D eigenvalue weighted by Gasteiger charge is 2.24. The quantitative estimate of drug-likeness (QED) is 0.500. The molecule has 1 aromatic rings. The molecule has 1 rings (SSSR count). The highest BCUT2D eigenvalue weighted by molar-refractivity contribution is 5.82. The number of hydrogen-bond acceptors (Lipinski definition) is 6. The molecule has 0 radical (unpaired) electrons. The van der Waals surface area contributed by atoms with Crippen molar-refractivity contribution in [3.8, 4) is 0 Å². The van der Waals surface area contributed by atoms with E-state index in [1.54, 1.807) is 0 Å². The average molecular weight is 258 g/mol. The summed E-state index contributed by atoms with van der Waals surface area (Å²) in [6, 6.07) is -2.04. The molecular weight excluding hydrogens is 244 g/mol. The van der Waals surface area contributed by atoms with E-state index in [4.69, 9.17) is 10.2 Å². The molecule has 0 aliphatic rings. The van der Waals surface area contributed by atoms with Gasteiger partial charge in [-0.1, -0.05) is 5.16 Å². The van der Waals surface area contributed by atoms with E-state index in [0.717, 1.165) is 0 Å². The smallest absolute Gasteiger partial charge is 0.328 e. The van der Waals surface area contributed by atoms with E-state index in [0.29, 0.717) is 12.2 Å². The number of urea groups is 1. The highest BCUT2D eigenvalue weighted by Crippen LogP contribution is 1.93. The average Bonchev–Trinajstić information content (AvgIpc) is 2.78. The Morgan fingerprint density at radius 2 is 2.28 bits per heavy atom. The Bertz CT molecular complexity index is 392. The van der Waals surface area contributed by atoms with Crippen LogP contribution in [0.25, 0.3) is 0 Å². The molecule has 4 N–H and O–H groups in total. The highest BCUT2D eigenvalue weighted by atomic mass is 16.5. The Balaban J connectivity index is 2.30. The first kappa shape index (κ1) is 13.9. The van der Waals surface area contributed by atoms with Gasteiger partial charge in [-0.15, -0.1) is 0 Å². The number of aliphatic hydroxyl groups excluding tert-OH is 1. The first-order valence-corrected chi connectivity index (χ1v) is 5.21. The van der Waals surface area contributed by atoms with Gasteiger partial charge in [0.15, 0.2) is 11.9 Å². The zero-order chi connectivity index (χ0) is 13.5. The molecule has 9 nitrogen and oxygen atoms in total. The number of aliphatic carboxylic acids is 1. The first-order valence-electron chi connectivity index (χ1n) is 5.21. The maximum Gasteiger partial charge on any atom is 0.328 e. The van der Waals surface area contributed by atoms with Crippen LogP contribution in [0, 0.1) is 0 Å². The van der Waals surface area contributed by atoms with Crippen LogP contribution in [0.2, 0.25) is 0 Å². The summed E-state index contributed by atoms with van der Waals surface area (Å²) >= 11 is 0. The second-order valence-electron chi connectivity index (χ2n) is 3.55. The van der Waals surface area contributed by atoms with Gasteiger partial charge in [-0.05, 0) is 6.92 Å². The van der Waals surface area contributed by atoms with Crippen LogP contribution in [-0.2, 0) is 11.2 Å². The Morgan fingerprint density at radius 1 is 1.56 bits per heavy atom. The van der Waals surface area contributed by atoms with E-state index in [2.05, 4.69) is 25.3 Å². The minimum absolute atomic E-state index is 0.220. The van der Waals surface area contributed by atoms with Gasteiger partial charge < -0.3 is 25.4 Å². The van der Waals surface area contributed by atoms with Gasteiger partial charge in [0.25, 0.3) is 0 Å². The van der Waals surface area contributed by atoms with Gasteiger partial charge in [0, 0.05) is 13.0 Å². The van der Waals surface area contributed by atoms with Gasteiger partial charge in [-0.25, -0.2) is 9.59 Å². The summed E-state index contributed by atoms with van der Waals surface area (Å²) in [5.41, 5.74) is 0. The van der Waals surface area contributed by atoms with E-state index in [1.165, 1.54) is 13.3 Å². The largest absolute Gasteiger partial charge is 0.480 e. The molecule has 0 saturated carbocycles. The minimum Gasteiger partial charge on any atom is -0.480 e. The molecule has 1 heterocycles. The van der Waals surface area contributed by atoms with Gasteiger partial charge in [-0.2, -0.15) is 4.98 Å². The van der Waals surface area contributed by atoms with Crippen molar-refractivity contribution in [3.63, 3.8) is 0 Å². The summed E-state index contributed by atoms with van der Waals surface area (Å²) in [6.07, 6.45) is 0.338. The van der Waals surface area contributed by atoms with Crippen molar-refractivity contribution in [2.75, 3.05) is 6.54 Å². The number of amides is 2. The number of hydrogen-bond donors (Lipinski definition) is 4. The molecule has 0 saturated heterocycles. The lowest BCUT2D eigenvalue weighted by molar-refractivity contribution is -0.141. The number of nitrogens with one attached hydrogen (secondary N) is 2. The number of nitrogens with zero attached hydrogens (tertiary/aromatic N) is 2. The number of aromatic nitrogens is 2. The van der Waals surface area contributed by atoms with E-state index in [9.17, 15) is 9.59 Å². The molecule has 0 aliphatic heterocycles. The zero-order valence-corrected chi connectivity index (χ0v) is 9.66. The maximum absolute atomic E-state index is 11.3. The topological polar surface area (TPSA) is 138 Å². The molecule has 9 heteroatoms. The van der Waals surface area contributed by atoms with Crippen LogP contribution >= 0.6 is 0 Å². The predicted octanol–water partition coefficient (Wildman–Crippen LogP) is -1.25. The number of aliphatic hydroxyl groups is 1. The predicted molar refractivity (Wildman–Crippen MR) is 57.6 cm³/mol. The van der Waals surface area contributed by atoms with Crippen LogP contribution in [-0.4, -0.2) is 51.0 Å². The monoisotopic (exact) mass is 258 g/mol. The van der Waals surface area contributed by atoms with E-state index >= 15 is 0 Å². The van der Waals surface area contributed by atoms with Crippen LogP contribution in [0.3, 0.4) is 0 Å². The van der Waals surface area contributed by atoms with E-state index < -0.39 is 24.1 Å². The Kier molecular flexibility index (Phi) is 5.06. The third-order valence-electron chi connectivity index (χ3n) is 2.08. The van der Waals surface area contributed by atoms with Crippen molar-refractivity contribution < 1.29 is 24.3 Å². The summed E-state index contributed by atoms with van der Waals surface area (Å²) in [5, 5.41) is 26.0. The lowest BCUT2D eigenvalue weighted by Gasteiger charge is -2.17. The Labute approximate surface area is 102 Å². The third-order valence-corrected chi connectivity index (χ3v) is 2.08. The zero-order valence-electron chi connectivity index (χ0n) is 9.66. The van der Waals surface area contributed by atoms with Crippen LogP contribution in [0.15, 0.2) is 10.9 Å². The summed E-state index contributed by atoms with van der Waals surface area (Å²) in [6.45, 7) is 1.50. The summed E-state index contributed by atoms with van der Waals surface area (Å²) in [4.78, 5) is 25.8. The van der Waals surface area contributed by atoms with Gasteiger partial charge in [-0.3, -0.25) is 0 Å². The molecule has 0 fully saturated rings. The van der Waals surface area contributed by atoms with Crippen molar-refractivity contribution >= 4 is 12.0 Å². The molecule has 100 valence electrons. The van der Waals surface area contributed by atoms with Crippen molar-refractivity contribution in [3.05, 3.63) is 12.2 Å². The Hall–Kier alpha value is -2.16. The van der Waals surface area contributed by atoms with Gasteiger partial charge in [0.05, 0.1) is 6.10 Å². The molecule has 0 unspecified atom stereocenters. The van der Waals surface area contributed by atoms with Crippen LogP contribution in [0.4, 0.5) is 4.79 Å². The normalized spacial score (nSPS) is 13.7. The number of carbonyl (C=O) groups is 2. The summed E-state index contributed by atoms with van der Waals surface area (Å²) in [5.74, 6) is -0.876. The standard InChI is InChI=1S/C9H14N4O5/c1-5(14)7(8(15)16)12-9(17)10-3-2-6-11-4-18-13-6/h4-5,7,14H,2-3H2,1H3,(H,15,16)(H2,10,12,17)/t5-,7+/m1/s1. The molecule has 1 aromatic heterocycles. The number of carboxylic acid groups (broad SMARTS) is 1. The van der Waals surface area contributed by atoms with Crippen LogP contribution < -0.4 is 10.6 Å². The second-order valence-corrected chi connectivity index (χ2v) is 3.55. The van der Waals surface area contributed by atoms with E-state index in [-0.39, 0.29) is 6.54 Å². The minimum atomic E-state index is -1.35. The first-order chi connectivity index (χ1) is 8.50. The molecule has 0 spiro atoms. The van der Waals surface area contributed by atoms with Crippen LogP contribution in [0.5, 0.6) is 0 Å². The molecule has 2 amide bonds. The van der Waals surface area contributed by atoms with Crippen molar-refractivity contribution in [2.45, 2.75) is 25.5 Å². The van der Waals surface area contributed by atoms with Gasteiger partial charge >= 0.3 is 12.0 Å². The van der Waals surface area contributed by atoms with Crippen molar-refractivity contribution in [1.82, 2.24) is 20.8 Å². The fraction of sp³-hybridized carbons (Fsp3) is 0.556. The lowest BCUT2D eigenvalue weighted by Crippen LogP contribution is -2.51. The number of carbonyl (C=O) groups excluding carboxylic acids is 1. The molecular formula is C9H14N4O5.